The van der Waals surface area contributed by atoms with E-state index in [1.54, 1.807) is 0 Å². The third-order valence-electron chi connectivity index (χ3n) is 5.24. The van der Waals surface area contributed by atoms with Crippen LogP contribution in [-0.2, 0) is 30.4 Å². The molecule has 5 unspecified atom stereocenters. The number of carbonyl (C=O) groups excluding carboxylic acids is 3. The number of hydrogen-bond acceptors (Lipinski definition) is 9. The van der Waals surface area contributed by atoms with Crippen LogP contribution in [0.3, 0.4) is 0 Å². The Morgan fingerprint density at radius 3 is 2.18 bits per heavy atom. The zero-order chi connectivity index (χ0) is 28.8. The number of guanidine groups is 1. The Morgan fingerprint density at radius 1 is 1.03 bits per heavy atom. The number of aliphatic hydroxyl groups excluding tert-OH is 1. The molecule has 3 amide bonds. The highest BCUT2D eigenvalue weighted by Crippen LogP contribution is 2.06. The van der Waals surface area contributed by atoms with Crippen molar-refractivity contribution >= 4 is 35.6 Å². The van der Waals surface area contributed by atoms with Gasteiger partial charge in [-0.1, -0.05) is 0 Å². The summed E-state index contributed by atoms with van der Waals surface area (Å²) in [5.41, 5.74) is 16.7. The number of aliphatic carboxylic acids is 2. The third-order valence-corrected chi connectivity index (χ3v) is 5.24. The molecular weight excluding hydrogens is 506 g/mol. The molecule has 0 spiro atoms. The summed E-state index contributed by atoms with van der Waals surface area (Å²) >= 11 is 0. The molecule has 0 fully saturated rings. The van der Waals surface area contributed by atoms with Gasteiger partial charge in [0.1, 0.15) is 12.1 Å². The largest absolute Gasteiger partial charge is 0.481 e. The number of carboxylic acid groups (broad SMARTS) is 2. The van der Waals surface area contributed by atoms with Gasteiger partial charge < -0.3 is 53.5 Å². The minimum absolute atomic E-state index is 0.120. The second-order valence-corrected chi connectivity index (χ2v) is 8.46. The Kier molecular flexibility index (Phi) is 13.2. The zero-order valence-corrected chi connectivity index (χ0v) is 20.8. The first-order valence-electron chi connectivity index (χ1n) is 11.6. The van der Waals surface area contributed by atoms with Crippen LogP contribution in [0.2, 0.25) is 0 Å². The van der Waals surface area contributed by atoms with Crippen molar-refractivity contribution in [3.63, 3.8) is 0 Å². The third kappa shape index (κ3) is 11.7. The van der Waals surface area contributed by atoms with Crippen LogP contribution < -0.4 is 33.2 Å². The van der Waals surface area contributed by atoms with Crippen molar-refractivity contribution in [2.75, 3.05) is 6.54 Å². The lowest BCUT2D eigenvalue weighted by Gasteiger charge is -2.25. The number of aromatic nitrogens is 2. The van der Waals surface area contributed by atoms with E-state index in [-0.39, 0.29) is 31.8 Å². The number of carboxylic acids is 2. The summed E-state index contributed by atoms with van der Waals surface area (Å²) in [6.45, 7) is 1.39. The average Bonchev–Trinajstić information content (AvgIpc) is 3.34. The predicted molar refractivity (Wildman–Crippen MR) is 132 cm³/mol. The molecule has 1 heterocycles. The Morgan fingerprint density at radius 2 is 1.66 bits per heavy atom. The molecule has 5 atom stereocenters. The summed E-state index contributed by atoms with van der Waals surface area (Å²) in [6.07, 6.45) is 0.808. The van der Waals surface area contributed by atoms with Crippen LogP contribution in [0.15, 0.2) is 17.5 Å². The molecule has 0 aromatic carbocycles. The molecule has 13 N–H and O–H groups in total. The van der Waals surface area contributed by atoms with E-state index in [0.29, 0.717) is 12.1 Å². The molecule has 0 aliphatic heterocycles. The number of carbonyl (C=O) groups is 5. The van der Waals surface area contributed by atoms with E-state index in [0.717, 1.165) is 0 Å². The number of nitrogens with two attached hydrogens (primary N) is 3. The lowest BCUT2D eigenvalue weighted by atomic mass is 10.1. The normalized spacial score (nSPS) is 14.7. The molecule has 38 heavy (non-hydrogen) atoms. The molecule has 212 valence electrons. The minimum atomic E-state index is -1.66. The minimum Gasteiger partial charge on any atom is -0.481 e. The quantitative estimate of drug-likeness (QED) is 0.0514. The number of imidazole rings is 1. The second kappa shape index (κ2) is 15.8. The maximum absolute atomic E-state index is 13.1. The summed E-state index contributed by atoms with van der Waals surface area (Å²) in [5.74, 6) is -5.44. The van der Waals surface area contributed by atoms with E-state index < -0.39 is 66.4 Å². The summed E-state index contributed by atoms with van der Waals surface area (Å²) < 4.78 is 0. The lowest BCUT2D eigenvalue weighted by Crippen LogP contribution is -2.58. The Hall–Kier alpha value is -4.25. The van der Waals surface area contributed by atoms with Crippen molar-refractivity contribution in [2.24, 2.45) is 22.2 Å². The van der Waals surface area contributed by atoms with Gasteiger partial charge in [-0.25, -0.2) is 9.78 Å². The van der Waals surface area contributed by atoms with Crippen molar-refractivity contribution in [2.45, 2.75) is 69.3 Å². The molecule has 1 aromatic heterocycles. The van der Waals surface area contributed by atoms with Crippen molar-refractivity contribution in [3.8, 4) is 0 Å². The van der Waals surface area contributed by atoms with Crippen LogP contribution in [0.1, 0.15) is 38.3 Å². The average molecular weight is 542 g/mol. The van der Waals surface area contributed by atoms with Gasteiger partial charge in [-0.2, -0.15) is 0 Å². The number of aromatic amines is 1. The van der Waals surface area contributed by atoms with Crippen LogP contribution in [-0.4, -0.2) is 97.7 Å². The maximum atomic E-state index is 13.1. The van der Waals surface area contributed by atoms with Crippen LogP contribution in [0.25, 0.3) is 0 Å². The first-order valence-corrected chi connectivity index (χ1v) is 11.6. The molecule has 0 aliphatic carbocycles. The number of nitrogens with one attached hydrogen (secondary N) is 4. The molecule has 0 aliphatic rings. The Bertz CT molecular complexity index is 979. The van der Waals surface area contributed by atoms with Gasteiger partial charge in [0.05, 0.1) is 18.5 Å². The number of nitrogens with zero attached hydrogens (tertiary/aromatic N) is 2. The van der Waals surface area contributed by atoms with Crippen molar-refractivity contribution in [3.05, 3.63) is 18.2 Å². The highest BCUT2D eigenvalue weighted by atomic mass is 16.4. The van der Waals surface area contributed by atoms with E-state index in [9.17, 15) is 34.2 Å². The van der Waals surface area contributed by atoms with Crippen molar-refractivity contribution in [1.29, 1.82) is 0 Å². The summed E-state index contributed by atoms with van der Waals surface area (Å²) in [4.78, 5) is 71.4. The molecule has 17 heteroatoms. The van der Waals surface area contributed by atoms with Crippen LogP contribution >= 0.6 is 0 Å². The highest BCUT2D eigenvalue weighted by molar-refractivity contribution is 5.94. The molecule has 17 nitrogen and oxygen atoms in total. The Balaban J connectivity index is 3.02. The van der Waals surface area contributed by atoms with Crippen LogP contribution in [0.4, 0.5) is 0 Å². The fourth-order valence-corrected chi connectivity index (χ4v) is 3.21. The van der Waals surface area contributed by atoms with Gasteiger partial charge in [-0.05, 0) is 26.2 Å². The summed E-state index contributed by atoms with van der Waals surface area (Å²) in [7, 11) is 0. The number of H-pyrrole nitrogens is 1. The molecule has 1 rings (SSSR count). The van der Waals surface area contributed by atoms with E-state index in [1.807, 2.05) is 0 Å². The number of amides is 3. The van der Waals surface area contributed by atoms with Gasteiger partial charge >= 0.3 is 11.9 Å². The maximum Gasteiger partial charge on any atom is 0.328 e. The number of hydrogen-bond donors (Lipinski definition) is 10. The molecule has 0 bridgehead atoms. The van der Waals surface area contributed by atoms with Gasteiger partial charge in [-0.3, -0.25) is 24.2 Å². The molecule has 0 saturated heterocycles. The monoisotopic (exact) mass is 541 g/mol. The topological polar surface area (TPSA) is 301 Å². The van der Waals surface area contributed by atoms with E-state index >= 15 is 0 Å². The van der Waals surface area contributed by atoms with Crippen molar-refractivity contribution < 1.29 is 39.3 Å². The van der Waals surface area contributed by atoms with Gasteiger partial charge in [0.15, 0.2) is 12.0 Å². The van der Waals surface area contributed by atoms with Crippen LogP contribution in [0, 0.1) is 0 Å². The fourth-order valence-electron chi connectivity index (χ4n) is 3.21. The Labute approximate surface area is 217 Å². The number of aliphatic imine (C=N–C) groups is 1. The summed E-state index contributed by atoms with van der Waals surface area (Å²) in [6, 6.07) is -5.48. The standard InChI is InChI=1S/C21H35N9O8/c1-10(31)16(20(37)38)30-19(36)14(7-11-8-25-9-27-11)29-18(35)13(4-5-15(32)33)28-17(34)12(22)3-2-6-26-21(23)24/h8-10,12-14,16,31H,2-7,22H2,1H3,(H,25,27)(H,28,34)(H,29,35)(H,30,36)(H,32,33)(H,37,38)(H4,23,24,26). The highest BCUT2D eigenvalue weighted by Gasteiger charge is 2.32. The number of rotatable bonds is 17. The molecule has 1 aromatic rings. The predicted octanol–water partition coefficient (Wildman–Crippen LogP) is -3.88. The van der Waals surface area contributed by atoms with E-state index in [4.69, 9.17) is 22.3 Å². The SMILES string of the molecule is CC(O)C(NC(=O)C(Cc1cnc[nH]1)NC(=O)C(CCC(=O)O)NC(=O)C(N)CCCN=C(N)N)C(=O)O. The molecular formula is C21H35N9O8. The smallest absolute Gasteiger partial charge is 0.328 e. The van der Waals surface area contributed by atoms with E-state index in [1.165, 1.54) is 19.4 Å². The molecule has 0 saturated carbocycles. The van der Waals surface area contributed by atoms with Gasteiger partial charge in [0.25, 0.3) is 0 Å². The first kappa shape index (κ1) is 31.8. The van der Waals surface area contributed by atoms with Crippen LogP contribution in [0.5, 0.6) is 0 Å². The first-order chi connectivity index (χ1) is 17.8. The lowest BCUT2D eigenvalue weighted by molar-refractivity contribution is -0.145. The molecule has 0 radical (unpaired) electrons. The number of aliphatic hydroxyl groups is 1. The van der Waals surface area contributed by atoms with Gasteiger partial charge in [-0.15, -0.1) is 0 Å². The van der Waals surface area contributed by atoms with Gasteiger partial charge in [0.2, 0.25) is 17.7 Å². The van der Waals surface area contributed by atoms with Gasteiger partial charge in [0, 0.05) is 31.3 Å². The van der Waals surface area contributed by atoms with Crippen molar-refractivity contribution in [1.82, 2.24) is 25.9 Å². The van der Waals surface area contributed by atoms with E-state index in [2.05, 4.69) is 30.9 Å². The second-order valence-electron chi connectivity index (χ2n) is 8.46. The fraction of sp³-hybridized carbons (Fsp3) is 0.571. The zero-order valence-electron chi connectivity index (χ0n) is 20.8. The summed E-state index contributed by atoms with van der Waals surface area (Å²) in [5, 5.41) is 35.0.